The summed E-state index contributed by atoms with van der Waals surface area (Å²) in [7, 11) is 0. The number of nitrogens with two attached hydrogens (primary N) is 1. The third-order valence-electron chi connectivity index (χ3n) is 3.62. The number of rotatable bonds is 5. The average molecular weight is 246 g/mol. The topological polar surface area (TPSA) is 46.3 Å². The first kappa shape index (κ1) is 13.1. The molecule has 1 aliphatic rings. The zero-order chi connectivity index (χ0) is 13.0. The van der Waals surface area contributed by atoms with Gasteiger partial charge in [-0.15, -0.1) is 0 Å². The number of nitrogens with zero attached hydrogens (tertiary/aromatic N) is 1. The fraction of sp³-hybridized carbons (Fsp3) is 0.533. The molecule has 1 aliphatic carbocycles. The summed E-state index contributed by atoms with van der Waals surface area (Å²) in [6, 6.07) is 8.15. The second kappa shape index (κ2) is 6.01. The Kier molecular flexibility index (Phi) is 4.37. The lowest BCUT2D eigenvalue weighted by Gasteiger charge is -2.32. The van der Waals surface area contributed by atoms with E-state index in [0.29, 0.717) is 6.54 Å². The molecule has 98 valence electrons. The first-order valence-electron chi connectivity index (χ1n) is 6.80. The van der Waals surface area contributed by atoms with Crippen LogP contribution in [-0.4, -0.2) is 19.0 Å². The van der Waals surface area contributed by atoms with E-state index in [4.69, 9.17) is 5.73 Å². The molecule has 0 saturated heterocycles. The summed E-state index contributed by atoms with van der Waals surface area (Å²) in [5, 5.41) is 0. The van der Waals surface area contributed by atoms with Crippen molar-refractivity contribution in [3.05, 3.63) is 29.8 Å². The van der Waals surface area contributed by atoms with E-state index in [1.54, 1.807) is 0 Å². The minimum atomic E-state index is 0.239. The highest BCUT2D eigenvalue weighted by atomic mass is 16.2. The molecule has 3 heteroatoms. The van der Waals surface area contributed by atoms with Crippen LogP contribution in [-0.2, 0) is 4.79 Å². The normalized spacial score (nSPS) is 15.2. The van der Waals surface area contributed by atoms with Crippen molar-refractivity contribution in [3.8, 4) is 0 Å². The fourth-order valence-corrected chi connectivity index (χ4v) is 2.29. The minimum absolute atomic E-state index is 0.239. The molecule has 0 heterocycles. The van der Waals surface area contributed by atoms with Gasteiger partial charge in [-0.05, 0) is 50.4 Å². The van der Waals surface area contributed by atoms with E-state index in [1.807, 2.05) is 17.0 Å². The largest absolute Gasteiger partial charge is 0.330 e. The third-order valence-corrected chi connectivity index (χ3v) is 3.62. The van der Waals surface area contributed by atoms with Crippen LogP contribution in [0.15, 0.2) is 24.3 Å². The van der Waals surface area contributed by atoms with Crippen LogP contribution in [0.1, 0.15) is 31.2 Å². The summed E-state index contributed by atoms with van der Waals surface area (Å²) >= 11 is 0. The van der Waals surface area contributed by atoms with Gasteiger partial charge in [-0.3, -0.25) is 4.79 Å². The highest BCUT2D eigenvalue weighted by molar-refractivity contribution is 5.95. The number of aryl methyl sites for hydroxylation is 1. The van der Waals surface area contributed by atoms with Crippen LogP contribution in [0.2, 0.25) is 0 Å². The van der Waals surface area contributed by atoms with Gasteiger partial charge in [0.05, 0.1) is 0 Å². The third kappa shape index (κ3) is 2.91. The molecule has 1 aromatic rings. The molecule has 0 radical (unpaired) electrons. The van der Waals surface area contributed by atoms with Crippen molar-refractivity contribution in [2.24, 2.45) is 11.7 Å². The number of anilines is 1. The first-order chi connectivity index (χ1) is 8.72. The summed E-state index contributed by atoms with van der Waals surface area (Å²) in [6.45, 7) is 3.41. The minimum Gasteiger partial charge on any atom is -0.330 e. The Morgan fingerprint density at radius 2 is 2.22 bits per heavy atom. The van der Waals surface area contributed by atoms with Gasteiger partial charge in [-0.25, -0.2) is 0 Å². The van der Waals surface area contributed by atoms with Crippen molar-refractivity contribution in [1.29, 1.82) is 0 Å². The van der Waals surface area contributed by atoms with E-state index < -0.39 is 0 Å². The van der Waals surface area contributed by atoms with Gasteiger partial charge in [0.2, 0.25) is 5.91 Å². The number of hydrogen-bond donors (Lipinski definition) is 1. The molecule has 0 spiro atoms. The summed E-state index contributed by atoms with van der Waals surface area (Å²) in [6.07, 6.45) is 4.13. The van der Waals surface area contributed by atoms with Crippen molar-refractivity contribution < 1.29 is 4.79 Å². The SMILES string of the molecule is Cc1cccc(N(CCCN)C(=O)C2CCC2)c1. The summed E-state index contributed by atoms with van der Waals surface area (Å²) in [4.78, 5) is 14.3. The molecule has 2 rings (SSSR count). The summed E-state index contributed by atoms with van der Waals surface area (Å²) in [5.41, 5.74) is 7.77. The van der Waals surface area contributed by atoms with Crippen molar-refractivity contribution >= 4 is 11.6 Å². The Balaban J connectivity index is 2.15. The Bertz CT molecular complexity index is 413. The van der Waals surface area contributed by atoms with E-state index in [1.165, 1.54) is 12.0 Å². The number of hydrogen-bond acceptors (Lipinski definition) is 2. The van der Waals surface area contributed by atoms with Crippen LogP contribution in [0, 0.1) is 12.8 Å². The van der Waals surface area contributed by atoms with E-state index in [2.05, 4.69) is 19.1 Å². The van der Waals surface area contributed by atoms with Crippen molar-refractivity contribution in [3.63, 3.8) is 0 Å². The predicted molar refractivity (Wildman–Crippen MR) is 74.5 cm³/mol. The fourth-order valence-electron chi connectivity index (χ4n) is 2.29. The number of amides is 1. The van der Waals surface area contributed by atoms with Crippen molar-refractivity contribution in [1.82, 2.24) is 0 Å². The second-order valence-corrected chi connectivity index (χ2v) is 5.10. The van der Waals surface area contributed by atoms with Crippen LogP contribution in [0.4, 0.5) is 5.69 Å². The van der Waals surface area contributed by atoms with Crippen LogP contribution in [0.25, 0.3) is 0 Å². The van der Waals surface area contributed by atoms with E-state index in [0.717, 1.165) is 31.5 Å². The lowest BCUT2D eigenvalue weighted by Crippen LogP contribution is -2.40. The Hall–Kier alpha value is -1.35. The number of carbonyl (C=O) groups is 1. The molecule has 18 heavy (non-hydrogen) atoms. The van der Waals surface area contributed by atoms with Crippen molar-refractivity contribution in [2.75, 3.05) is 18.0 Å². The van der Waals surface area contributed by atoms with Gasteiger partial charge >= 0.3 is 0 Å². The van der Waals surface area contributed by atoms with Gasteiger partial charge in [-0.2, -0.15) is 0 Å². The van der Waals surface area contributed by atoms with Crippen LogP contribution in [0.5, 0.6) is 0 Å². The smallest absolute Gasteiger partial charge is 0.230 e. The molecule has 0 aliphatic heterocycles. The molecule has 1 fully saturated rings. The summed E-state index contributed by atoms with van der Waals surface area (Å²) < 4.78 is 0. The maximum Gasteiger partial charge on any atom is 0.230 e. The molecule has 1 saturated carbocycles. The van der Waals surface area contributed by atoms with Gasteiger partial charge in [0.15, 0.2) is 0 Å². The van der Waals surface area contributed by atoms with E-state index in [-0.39, 0.29) is 11.8 Å². The van der Waals surface area contributed by atoms with Gasteiger partial charge in [0, 0.05) is 18.2 Å². The highest BCUT2D eigenvalue weighted by Gasteiger charge is 2.29. The summed E-state index contributed by atoms with van der Waals surface area (Å²) in [5.74, 6) is 0.517. The van der Waals surface area contributed by atoms with Crippen LogP contribution < -0.4 is 10.6 Å². The first-order valence-corrected chi connectivity index (χ1v) is 6.80. The number of carbonyl (C=O) groups excluding carboxylic acids is 1. The predicted octanol–water partition coefficient (Wildman–Crippen LogP) is 2.48. The molecule has 3 nitrogen and oxygen atoms in total. The Morgan fingerprint density at radius 3 is 2.78 bits per heavy atom. The van der Waals surface area contributed by atoms with Gasteiger partial charge in [0.1, 0.15) is 0 Å². The lowest BCUT2D eigenvalue weighted by molar-refractivity contribution is -0.124. The quantitative estimate of drug-likeness (QED) is 0.867. The van der Waals surface area contributed by atoms with Crippen molar-refractivity contribution in [2.45, 2.75) is 32.6 Å². The Labute approximate surface area is 109 Å². The monoisotopic (exact) mass is 246 g/mol. The lowest BCUT2D eigenvalue weighted by atomic mass is 9.84. The standard InChI is InChI=1S/C15H22N2O/c1-12-5-2-8-14(11-12)17(10-4-9-16)15(18)13-6-3-7-13/h2,5,8,11,13H,3-4,6-7,9-10,16H2,1H3. The molecule has 0 aromatic heterocycles. The zero-order valence-electron chi connectivity index (χ0n) is 11.1. The molecule has 0 bridgehead atoms. The molecule has 0 atom stereocenters. The number of benzene rings is 1. The molecule has 1 amide bonds. The highest BCUT2D eigenvalue weighted by Crippen LogP contribution is 2.30. The average Bonchev–Trinajstić information content (AvgIpc) is 2.27. The van der Waals surface area contributed by atoms with Crippen LogP contribution >= 0.6 is 0 Å². The van der Waals surface area contributed by atoms with Gasteiger partial charge < -0.3 is 10.6 Å². The van der Waals surface area contributed by atoms with Crippen LogP contribution in [0.3, 0.4) is 0 Å². The maximum atomic E-state index is 12.4. The van der Waals surface area contributed by atoms with E-state index >= 15 is 0 Å². The van der Waals surface area contributed by atoms with Gasteiger partial charge in [0.25, 0.3) is 0 Å². The molecule has 2 N–H and O–H groups in total. The Morgan fingerprint density at radius 1 is 1.44 bits per heavy atom. The molecular formula is C15H22N2O. The van der Waals surface area contributed by atoms with E-state index in [9.17, 15) is 4.79 Å². The zero-order valence-corrected chi connectivity index (χ0v) is 11.1. The molecular weight excluding hydrogens is 224 g/mol. The second-order valence-electron chi connectivity index (χ2n) is 5.10. The molecule has 0 unspecified atom stereocenters. The molecule has 1 aromatic carbocycles. The maximum absolute atomic E-state index is 12.4. The van der Waals surface area contributed by atoms with Gasteiger partial charge in [-0.1, -0.05) is 18.6 Å².